The predicted octanol–water partition coefficient (Wildman–Crippen LogP) is 4.03. The zero-order chi connectivity index (χ0) is 9.68. The number of alkyl halides is 1. The molecular weight excluding hydrogens is 228 g/mol. The highest BCUT2D eigenvalue weighted by Crippen LogP contribution is 2.29. The van der Waals surface area contributed by atoms with Crippen LogP contribution in [0.3, 0.4) is 0 Å². The zero-order valence-electron chi connectivity index (χ0n) is 6.99. The lowest BCUT2D eigenvalue weighted by Crippen LogP contribution is -2.02. The van der Waals surface area contributed by atoms with Crippen molar-refractivity contribution in [3.8, 4) is 0 Å². The fourth-order valence-electron chi connectivity index (χ4n) is 0.930. The van der Waals surface area contributed by atoms with E-state index in [1.807, 2.05) is 12.1 Å². The Balaban J connectivity index is 2.61. The summed E-state index contributed by atoms with van der Waals surface area (Å²) >= 11 is 17.3. The van der Waals surface area contributed by atoms with Crippen LogP contribution in [0.25, 0.3) is 0 Å². The Morgan fingerprint density at radius 3 is 2.69 bits per heavy atom. The number of hydrogen-bond acceptors (Lipinski definition) is 1. The van der Waals surface area contributed by atoms with E-state index in [1.54, 1.807) is 6.07 Å². The molecule has 1 nitrogen and oxygen atoms in total. The summed E-state index contributed by atoms with van der Waals surface area (Å²) in [5.74, 6) is 0.644. The molecule has 0 radical (unpaired) electrons. The van der Waals surface area contributed by atoms with Crippen molar-refractivity contribution in [1.82, 2.24) is 0 Å². The van der Waals surface area contributed by atoms with Crippen LogP contribution in [0, 0.1) is 0 Å². The van der Waals surface area contributed by atoms with E-state index >= 15 is 0 Å². The second kappa shape index (κ2) is 5.58. The molecule has 1 rings (SSSR count). The van der Waals surface area contributed by atoms with Crippen molar-refractivity contribution in [3.05, 3.63) is 28.2 Å². The first-order valence-corrected chi connectivity index (χ1v) is 5.28. The fraction of sp³-hybridized carbons (Fsp3) is 0.333. The largest absolute Gasteiger partial charge is 0.384 e. The van der Waals surface area contributed by atoms with Crippen LogP contribution in [0.15, 0.2) is 18.2 Å². The average molecular weight is 239 g/mol. The molecule has 0 saturated carbocycles. The third-order valence-corrected chi connectivity index (χ3v) is 2.66. The summed E-state index contributed by atoms with van der Waals surface area (Å²) < 4.78 is 0. The first-order valence-electron chi connectivity index (χ1n) is 3.99. The highest BCUT2D eigenvalue weighted by Gasteiger charge is 2.02. The van der Waals surface area contributed by atoms with Gasteiger partial charge in [-0.15, -0.1) is 11.6 Å². The molecule has 4 heteroatoms. The molecule has 1 aromatic carbocycles. The average Bonchev–Trinajstić information content (AvgIpc) is 2.13. The van der Waals surface area contributed by atoms with E-state index < -0.39 is 0 Å². The summed E-state index contributed by atoms with van der Waals surface area (Å²) in [5, 5.41) is 4.29. The van der Waals surface area contributed by atoms with Crippen molar-refractivity contribution < 1.29 is 0 Å². The van der Waals surface area contributed by atoms with Gasteiger partial charge in [0, 0.05) is 12.4 Å². The Labute approximate surface area is 93.0 Å². The standard InChI is InChI=1S/C9H10Cl3N/c10-5-2-6-13-8-4-1-3-7(11)9(8)12/h1,3-4,13H,2,5-6H2. The molecule has 0 atom stereocenters. The second-order valence-electron chi connectivity index (χ2n) is 2.57. The normalized spacial score (nSPS) is 10.1. The third-order valence-electron chi connectivity index (χ3n) is 1.58. The van der Waals surface area contributed by atoms with Gasteiger partial charge in [-0.05, 0) is 18.6 Å². The number of rotatable bonds is 4. The maximum absolute atomic E-state index is 5.94. The van der Waals surface area contributed by atoms with Crippen LogP contribution in [0.4, 0.5) is 5.69 Å². The summed E-state index contributed by atoms with van der Waals surface area (Å²) in [6.07, 6.45) is 0.907. The molecule has 0 amide bonds. The first kappa shape index (κ1) is 11.0. The van der Waals surface area contributed by atoms with Crippen LogP contribution in [0.2, 0.25) is 10.0 Å². The van der Waals surface area contributed by atoms with E-state index in [1.165, 1.54) is 0 Å². The zero-order valence-corrected chi connectivity index (χ0v) is 9.26. The van der Waals surface area contributed by atoms with Crippen molar-refractivity contribution in [2.24, 2.45) is 0 Å². The first-order chi connectivity index (χ1) is 6.25. The van der Waals surface area contributed by atoms with Crippen LogP contribution in [-0.4, -0.2) is 12.4 Å². The molecule has 13 heavy (non-hydrogen) atoms. The highest BCUT2D eigenvalue weighted by molar-refractivity contribution is 6.43. The molecule has 0 aromatic heterocycles. The Kier molecular flexibility index (Phi) is 4.71. The van der Waals surface area contributed by atoms with Crippen molar-refractivity contribution in [1.29, 1.82) is 0 Å². The Hall–Kier alpha value is -0.110. The van der Waals surface area contributed by atoms with Crippen molar-refractivity contribution in [3.63, 3.8) is 0 Å². The Bertz CT molecular complexity index is 276. The summed E-state index contributed by atoms with van der Waals surface area (Å²) in [5.41, 5.74) is 0.860. The topological polar surface area (TPSA) is 12.0 Å². The molecule has 0 heterocycles. The molecule has 0 fully saturated rings. The molecule has 0 aliphatic heterocycles. The molecule has 1 N–H and O–H groups in total. The number of nitrogens with one attached hydrogen (secondary N) is 1. The van der Waals surface area contributed by atoms with E-state index in [-0.39, 0.29) is 0 Å². The van der Waals surface area contributed by atoms with Crippen molar-refractivity contribution >= 4 is 40.5 Å². The number of halogens is 3. The molecule has 0 saturated heterocycles. The fourth-order valence-corrected chi connectivity index (χ4v) is 1.43. The van der Waals surface area contributed by atoms with E-state index in [0.29, 0.717) is 15.9 Å². The molecular formula is C9H10Cl3N. The van der Waals surface area contributed by atoms with E-state index in [9.17, 15) is 0 Å². The van der Waals surface area contributed by atoms with Crippen molar-refractivity contribution in [2.45, 2.75) is 6.42 Å². The maximum atomic E-state index is 5.94. The van der Waals surface area contributed by atoms with E-state index in [4.69, 9.17) is 34.8 Å². The van der Waals surface area contributed by atoms with Gasteiger partial charge >= 0.3 is 0 Å². The quantitative estimate of drug-likeness (QED) is 0.617. The minimum Gasteiger partial charge on any atom is -0.384 e. The van der Waals surface area contributed by atoms with Gasteiger partial charge in [0.25, 0.3) is 0 Å². The SMILES string of the molecule is ClCCCNc1cccc(Cl)c1Cl. The second-order valence-corrected chi connectivity index (χ2v) is 3.73. The molecule has 0 spiro atoms. The Morgan fingerprint density at radius 1 is 1.23 bits per heavy atom. The van der Waals surface area contributed by atoms with Crippen LogP contribution >= 0.6 is 34.8 Å². The van der Waals surface area contributed by atoms with E-state index in [2.05, 4.69) is 5.32 Å². The van der Waals surface area contributed by atoms with Gasteiger partial charge in [-0.1, -0.05) is 29.3 Å². The lowest BCUT2D eigenvalue weighted by atomic mass is 10.3. The monoisotopic (exact) mass is 237 g/mol. The molecule has 0 bridgehead atoms. The maximum Gasteiger partial charge on any atom is 0.0823 e. The molecule has 1 aromatic rings. The highest BCUT2D eigenvalue weighted by atomic mass is 35.5. The summed E-state index contributed by atoms with van der Waals surface area (Å²) in [6.45, 7) is 0.809. The lowest BCUT2D eigenvalue weighted by molar-refractivity contribution is 0.987. The minimum absolute atomic E-state index is 0.567. The van der Waals surface area contributed by atoms with Crippen LogP contribution in [0.5, 0.6) is 0 Å². The molecule has 72 valence electrons. The predicted molar refractivity (Wildman–Crippen MR) is 60.3 cm³/mol. The van der Waals surface area contributed by atoms with Gasteiger partial charge in [0.1, 0.15) is 0 Å². The lowest BCUT2D eigenvalue weighted by Gasteiger charge is -2.07. The summed E-state index contributed by atoms with van der Waals surface area (Å²) in [7, 11) is 0. The van der Waals surface area contributed by atoms with Gasteiger partial charge in [0.05, 0.1) is 15.7 Å². The van der Waals surface area contributed by atoms with Gasteiger partial charge in [-0.25, -0.2) is 0 Å². The van der Waals surface area contributed by atoms with Gasteiger partial charge in [0.15, 0.2) is 0 Å². The number of hydrogen-bond donors (Lipinski definition) is 1. The summed E-state index contributed by atoms with van der Waals surface area (Å²) in [4.78, 5) is 0. The smallest absolute Gasteiger partial charge is 0.0823 e. The van der Waals surface area contributed by atoms with Crippen molar-refractivity contribution in [2.75, 3.05) is 17.7 Å². The number of benzene rings is 1. The van der Waals surface area contributed by atoms with Gasteiger partial charge in [-0.3, -0.25) is 0 Å². The molecule has 0 unspecified atom stereocenters. The number of anilines is 1. The van der Waals surface area contributed by atoms with E-state index in [0.717, 1.165) is 18.7 Å². The minimum atomic E-state index is 0.567. The van der Waals surface area contributed by atoms with Gasteiger partial charge in [-0.2, -0.15) is 0 Å². The van der Waals surface area contributed by atoms with Crippen LogP contribution in [-0.2, 0) is 0 Å². The summed E-state index contributed by atoms with van der Waals surface area (Å²) in [6, 6.07) is 5.51. The Morgan fingerprint density at radius 2 is 2.00 bits per heavy atom. The molecule has 0 aliphatic rings. The van der Waals surface area contributed by atoms with Crippen LogP contribution < -0.4 is 5.32 Å². The van der Waals surface area contributed by atoms with Crippen LogP contribution in [0.1, 0.15) is 6.42 Å². The van der Waals surface area contributed by atoms with Gasteiger partial charge < -0.3 is 5.32 Å². The molecule has 0 aliphatic carbocycles. The van der Waals surface area contributed by atoms with Gasteiger partial charge in [0.2, 0.25) is 0 Å². The third kappa shape index (κ3) is 3.26.